The normalized spacial score (nSPS) is 16.0. The molecule has 0 saturated heterocycles. The van der Waals surface area contributed by atoms with Crippen LogP contribution in [-0.4, -0.2) is 39.3 Å². The molecule has 0 heterocycles. The molecule has 0 atom stereocenters. The topological polar surface area (TPSA) is 153 Å². The third-order valence-electron chi connectivity index (χ3n) is 3.48. The molecule has 1 aromatic rings. The van der Waals surface area contributed by atoms with Gasteiger partial charge in [-0.3, -0.25) is 19.7 Å². The Kier molecular flexibility index (Phi) is 4.16. The van der Waals surface area contributed by atoms with Crippen LogP contribution in [0.3, 0.4) is 0 Å². The predicted molar refractivity (Wildman–Crippen MR) is 70.9 cm³/mol. The van der Waals surface area contributed by atoms with E-state index < -0.39 is 34.5 Å². The maximum Gasteiger partial charge on any atom is 0.514 e. The van der Waals surface area contributed by atoms with E-state index in [9.17, 15) is 24.5 Å². The van der Waals surface area contributed by atoms with Gasteiger partial charge in [0.05, 0.1) is 4.92 Å². The number of aliphatic carboxylic acids is 2. The number of carboxylic acid groups (broad SMARTS) is 2. The molecule has 1 fully saturated rings. The number of nitro benzene ring substituents is 1. The lowest BCUT2D eigenvalue weighted by Gasteiger charge is -2.39. The van der Waals surface area contributed by atoms with Gasteiger partial charge in [0, 0.05) is 25.0 Å². The van der Waals surface area contributed by atoms with Crippen LogP contribution in [0, 0.1) is 15.5 Å². The Morgan fingerprint density at radius 3 is 2.09 bits per heavy atom. The van der Waals surface area contributed by atoms with Gasteiger partial charge in [-0.05, 0) is 12.1 Å². The second-order valence-electron chi connectivity index (χ2n) is 4.94. The van der Waals surface area contributed by atoms with Crippen LogP contribution in [0.2, 0.25) is 0 Å². The lowest BCUT2D eigenvalue weighted by atomic mass is 9.67. The van der Waals surface area contributed by atoms with E-state index in [2.05, 4.69) is 0 Å². The van der Waals surface area contributed by atoms with Crippen LogP contribution in [0.5, 0.6) is 5.75 Å². The molecule has 1 aliphatic carbocycles. The second-order valence-corrected chi connectivity index (χ2v) is 4.94. The van der Waals surface area contributed by atoms with Crippen molar-refractivity contribution in [1.29, 1.82) is 0 Å². The fourth-order valence-electron chi connectivity index (χ4n) is 2.13. The maximum atomic E-state index is 11.5. The monoisotopic (exact) mass is 325 g/mol. The molecular weight excluding hydrogens is 314 g/mol. The van der Waals surface area contributed by atoms with Gasteiger partial charge in [0.15, 0.2) is 5.41 Å². The fourth-order valence-corrected chi connectivity index (χ4v) is 2.13. The molecule has 0 spiro atoms. The van der Waals surface area contributed by atoms with Crippen molar-refractivity contribution in [3.8, 4) is 5.75 Å². The minimum Gasteiger partial charge on any atom is -0.480 e. The molecular formula is C13H11NO9. The van der Waals surface area contributed by atoms with Gasteiger partial charge in [-0.25, -0.2) is 4.79 Å². The zero-order valence-electron chi connectivity index (χ0n) is 11.5. The van der Waals surface area contributed by atoms with Crippen LogP contribution in [-0.2, 0) is 14.3 Å². The van der Waals surface area contributed by atoms with Crippen molar-refractivity contribution in [2.24, 2.45) is 5.41 Å². The number of rotatable bonds is 5. The highest BCUT2D eigenvalue weighted by Gasteiger charge is 2.58. The molecule has 1 aromatic carbocycles. The van der Waals surface area contributed by atoms with Gasteiger partial charge in [0.1, 0.15) is 11.9 Å². The molecule has 1 saturated carbocycles. The number of nitrogens with zero attached hydrogens (tertiary/aromatic N) is 1. The Bertz CT molecular complexity index is 645. The average molecular weight is 325 g/mol. The van der Waals surface area contributed by atoms with Gasteiger partial charge < -0.3 is 19.7 Å². The van der Waals surface area contributed by atoms with Gasteiger partial charge in [-0.1, -0.05) is 0 Å². The lowest BCUT2D eigenvalue weighted by molar-refractivity contribution is -0.384. The van der Waals surface area contributed by atoms with E-state index >= 15 is 0 Å². The third kappa shape index (κ3) is 3.20. The number of carbonyl (C=O) groups excluding carboxylic acids is 1. The minimum atomic E-state index is -1.95. The molecule has 0 aliphatic heterocycles. The van der Waals surface area contributed by atoms with Gasteiger partial charge in [0.25, 0.3) is 5.69 Å². The summed E-state index contributed by atoms with van der Waals surface area (Å²) in [5.41, 5.74) is -2.13. The van der Waals surface area contributed by atoms with E-state index in [-0.39, 0.29) is 24.3 Å². The number of benzene rings is 1. The largest absolute Gasteiger partial charge is 0.514 e. The fraction of sp³-hybridized carbons (Fsp3) is 0.308. The zero-order valence-corrected chi connectivity index (χ0v) is 11.5. The quantitative estimate of drug-likeness (QED) is 0.269. The summed E-state index contributed by atoms with van der Waals surface area (Å²) in [7, 11) is 0. The second kappa shape index (κ2) is 5.91. The number of nitro groups is 1. The zero-order chi connectivity index (χ0) is 17.2. The molecule has 2 N–H and O–H groups in total. The summed E-state index contributed by atoms with van der Waals surface area (Å²) in [5, 5.41) is 28.3. The van der Waals surface area contributed by atoms with E-state index in [0.29, 0.717) is 0 Å². The van der Waals surface area contributed by atoms with Gasteiger partial charge in [0.2, 0.25) is 0 Å². The maximum absolute atomic E-state index is 11.5. The van der Waals surface area contributed by atoms with Crippen molar-refractivity contribution in [2.75, 3.05) is 0 Å². The molecule has 0 radical (unpaired) electrons. The third-order valence-corrected chi connectivity index (χ3v) is 3.48. The first kappa shape index (κ1) is 16.2. The molecule has 10 nitrogen and oxygen atoms in total. The van der Waals surface area contributed by atoms with Crippen molar-refractivity contribution in [3.05, 3.63) is 34.4 Å². The molecule has 0 amide bonds. The van der Waals surface area contributed by atoms with Crippen molar-refractivity contribution >= 4 is 23.8 Å². The van der Waals surface area contributed by atoms with E-state index in [1.807, 2.05) is 0 Å². The molecule has 0 aromatic heterocycles. The van der Waals surface area contributed by atoms with E-state index in [4.69, 9.17) is 19.7 Å². The summed E-state index contributed by atoms with van der Waals surface area (Å²) < 4.78 is 9.57. The summed E-state index contributed by atoms with van der Waals surface area (Å²) in [6, 6.07) is 4.65. The molecule has 2 rings (SSSR count). The first-order valence-corrected chi connectivity index (χ1v) is 6.34. The van der Waals surface area contributed by atoms with Crippen LogP contribution in [0.1, 0.15) is 12.8 Å². The summed E-state index contributed by atoms with van der Waals surface area (Å²) in [5.74, 6) is -2.98. The number of carbonyl (C=O) groups is 3. The molecule has 23 heavy (non-hydrogen) atoms. The Morgan fingerprint density at radius 1 is 1.13 bits per heavy atom. The Morgan fingerprint density at radius 2 is 1.65 bits per heavy atom. The Hall–Kier alpha value is -3.17. The predicted octanol–water partition coefficient (Wildman–Crippen LogP) is 1.43. The SMILES string of the molecule is O=C(Oc1ccc([N+](=O)[O-])cc1)OC1CC(C(=O)O)(C(=O)O)C1. The molecule has 1 aliphatic rings. The van der Waals surface area contributed by atoms with Crippen molar-refractivity contribution in [2.45, 2.75) is 18.9 Å². The highest BCUT2D eigenvalue weighted by atomic mass is 16.7. The lowest BCUT2D eigenvalue weighted by Crippen LogP contribution is -2.53. The number of non-ortho nitro benzene ring substituents is 1. The first-order valence-electron chi connectivity index (χ1n) is 6.34. The van der Waals surface area contributed by atoms with Gasteiger partial charge >= 0.3 is 18.1 Å². The number of hydrogen-bond donors (Lipinski definition) is 2. The highest BCUT2D eigenvalue weighted by molar-refractivity contribution is 5.99. The van der Waals surface area contributed by atoms with Crippen LogP contribution in [0.4, 0.5) is 10.5 Å². The van der Waals surface area contributed by atoms with Crippen LogP contribution in [0.15, 0.2) is 24.3 Å². The van der Waals surface area contributed by atoms with Gasteiger partial charge in [-0.2, -0.15) is 0 Å². The van der Waals surface area contributed by atoms with E-state index in [1.165, 1.54) is 12.1 Å². The summed E-state index contributed by atoms with van der Waals surface area (Å²) in [6.07, 6.45) is -2.74. The van der Waals surface area contributed by atoms with Crippen molar-refractivity contribution < 1.29 is 39.0 Å². The van der Waals surface area contributed by atoms with E-state index in [1.54, 1.807) is 0 Å². The smallest absolute Gasteiger partial charge is 0.480 e. The van der Waals surface area contributed by atoms with Crippen LogP contribution >= 0.6 is 0 Å². The summed E-state index contributed by atoms with van der Waals surface area (Å²) in [4.78, 5) is 43.3. The van der Waals surface area contributed by atoms with Gasteiger partial charge in [-0.15, -0.1) is 0 Å². The standard InChI is InChI=1S/C13H11NO9/c15-10(16)13(11(17)18)5-9(6-13)23-12(19)22-8-3-1-7(2-4-8)14(20)21/h1-4,9H,5-6H2,(H,15,16)(H,17,18). The molecule has 10 heteroatoms. The number of ether oxygens (including phenoxy) is 2. The van der Waals surface area contributed by atoms with Crippen molar-refractivity contribution in [3.63, 3.8) is 0 Å². The first-order chi connectivity index (χ1) is 10.7. The minimum absolute atomic E-state index is 0.00246. The highest BCUT2D eigenvalue weighted by Crippen LogP contribution is 2.43. The van der Waals surface area contributed by atoms with Crippen LogP contribution < -0.4 is 4.74 Å². The average Bonchev–Trinajstić information content (AvgIpc) is 2.41. The molecule has 0 bridgehead atoms. The molecule has 122 valence electrons. The molecule has 0 unspecified atom stereocenters. The Labute approximate surface area is 128 Å². The number of carboxylic acids is 2. The Balaban J connectivity index is 1.88. The van der Waals surface area contributed by atoms with Crippen molar-refractivity contribution in [1.82, 2.24) is 0 Å². The summed E-state index contributed by atoms with van der Waals surface area (Å²) >= 11 is 0. The van der Waals surface area contributed by atoms with Crippen LogP contribution in [0.25, 0.3) is 0 Å². The number of hydrogen-bond acceptors (Lipinski definition) is 7. The summed E-state index contributed by atoms with van der Waals surface area (Å²) in [6.45, 7) is 0. The van der Waals surface area contributed by atoms with E-state index in [0.717, 1.165) is 12.1 Å².